The zero-order valence-corrected chi connectivity index (χ0v) is 15.6. The Hall–Kier alpha value is -0.850. The van der Waals surface area contributed by atoms with E-state index in [2.05, 4.69) is 34.7 Å². The van der Waals surface area contributed by atoms with E-state index in [0.717, 1.165) is 31.9 Å². The summed E-state index contributed by atoms with van der Waals surface area (Å²) in [6, 6.07) is 0. The summed E-state index contributed by atoms with van der Waals surface area (Å²) < 4.78 is 2.01. The van der Waals surface area contributed by atoms with Gasteiger partial charge in [0.1, 0.15) is 12.2 Å². The molecule has 2 N–H and O–H groups in total. The fraction of sp³-hybridized carbons (Fsp3) is 0.800. The van der Waals surface area contributed by atoms with E-state index in [0.29, 0.717) is 24.8 Å². The van der Waals surface area contributed by atoms with Crippen molar-refractivity contribution in [3.63, 3.8) is 0 Å². The second kappa shape index (κ2) is 11.6. The zero-order valence-electron chi connectivity index (χ0n) is 14.0. The number of carbonyl (C=O) groups excluding carboxylic acids is 1. The molecule has 0 bridgehead atoms. The topological polar surface area (TPSA) is 71.8 Å². The molecular formula is C15H29Cl2N5O. The van der Waals surface area contributed by atoms with Gasteiger partial charge in [-0.3, -0.25) is 4.79 Å². The van der Waals surface area contributed by atoms with Crippen molar-refractivity contribution in [1.82, 2.24) is 25.4 Å². The van der Waals surface area contributed by atoms with Crippen LogP contribution in [0.5, 0.6) is 0 Å². The molecule has 0 aliphatic carbocycles. The average Bonchev–Trinajstić information content (AvgIpc) is 2.95. The Balaban J connectivity index is 0.00000242. The predicted octanol–water partition coefficient (Wildman–Crippen LogP) is 2.14. The van der Waals surface area contributed by atoms with Crippen LogP contribution in [-0.2, 0) is 11.3 Å². The zero-order chi connectivity index (χ0) is 15.1. The van der Waals surface area contributed by atoms with Crippen molar-refractivity contribution >= 4 is 30.7 Å². The quantitative estimate of drug-likeness (QED) is 0.776. The molecule has 8 heteroatoms. The number of aromatic nitrogens is 3. The molecule has 1 amide bonds. The summed E-state index contributed by atoms with van der Waals surface area (Å²) in [7, 11) is 0. The number of rotatable bonds is 7. The highest BCUT2D eigenvalue weighted by molar-refractivity contribution is 5.85. The van der Waals surface area contributed by atoms with E-state index in [1.165, 1.54) is 12.8 Å². The maximum absolute atomic E-state index is 11.9. The average molecular weight is 366 g/mol. The third-order valence-electron chi connectivity index (χ3n) is 4.08. The van der Waals surface area contributed by atoms with Crippen molar-refractivity contribution in [2.45, 2.75) is 52.0 Å². The van der Waals surface area contributed by atoms with Crippen LogP contribution >= 0.6 is 24.8 Å². The number of halogens is 2. The SMILES string of the molecule is CC(C)c1nncn1CCNC(=O)CCC1CCNCC1.Cl.Cl. The summed E-state index contributed by atoms with van der Waals surface area (Å²) in [5.41, 5.74) is 0. The molecule has 1 saturated heterocycles. The molecule has 134 valence electrons. The molecule has 1 fully saturated rings. The summed E-state index contributed by atoms with van der Waals surface area (Å²) in [5.74, 6) is 2.19. The van der Waals surface area contributed by atoms with E-state index >= 15 is 0 Å². The Morgan fingerprint density at radius 2 is 2.09 bits per heavy atom. The summed E-state index contributed by atoms with van der Waals surface area (Å²) >= 11 is 0. The van der Waals surface area contributed by atoms with Gasteiger partial charge in [-0.15, -0.1) is 35.0 Å². The van der Waals surface area contributed by atoms with Crippen molar-refractivity contribution in [2.24, 2.45) is 5.92 Å². The van der Waals surface area contributed by atoms with E-state index in [9.17, 15) is 4.79 Å². The Morgan fingerprint density at radius 3 is 2.74 bits per heavy atom. The highest BCUT2D eigenvalue weighted by Gasteiger charge is 2.14. The predicted molar refractivity (Wildman–Crippen MR) is 96.4 cm³/mol. The number of piperidine rings is 1. The molecule has 1 aliphatic heterocycles. The van der Waals surface area contributed by atoms with Crippen molar-refractivity contribution < 1.29 is 4.79 Å². The normalized spacial score (nSPS) is 14.9. The van der Waals surface area contributed by atoms with Crippen molar-refractivity contribution in [2.75, 3.05) is 19.6 Å². The Kier molecular flexibility index (Phi) is 11.2. The first-order chi connectivity index (χ1) is 10.2. The van der Waals surface area contributed by atoms with Crippen LogP contribution in [0, 0.1) is 5.92 Å². The first-order valence-electron chi connectivity index (χ1n) is 8.02. The van der Waals surface area contributed by atoms with Gasteiger partial charge < -0.3 is 15.2 Å². The van der Waals surface area contributed by atoms with E-state index in [4.69, 9.17) is 0 Å². The van der Waals surface area contributed by atoms with Crippen LogP contribution in [0.15, 0.2) is 6.33 Å². The standard InChI is InChI=1S/C15H27N5O.2ClH/c1-12(2)15-19-18-11-20(15)10-9-17-14(21)4-3-13-5-7-16-8-6-13;;/h11-13,16H,3-10H2,1-2H3,(H,17,21);2*1H. The minimum atomic E-state index is 0. The number of amides is 1. The van der Waals surface area contributed by atoms with Gasteiger partial charge in [0.25, 0.3) is 0 Å². The van der Waals surface area contributed by atoms with Gasteiger partial charge in [-0.1, -0.05) is 13.8 Å². The molecule has 1 aromatic heterocycles. The lowest BCUT2D eigenvalue weighted by Crippen LogP contribution is -2.30. The van der Waals surface area contributed by atoms with Crippen LogP contribution in [0.1, 0.15) is 51.3 Å². The van der Waals surface area contributed by atoms with Gasteiger partial charge in [0.05, 0.1) is 0 Å². The number of hydrogen-bond acceptors (Lipinski definition) is 4. The molecule has 0 atom stereocenters. The summed E-state index contributed by atoms with van der Waals surface area (Å²) in [5, 5.41) is 14.4. The minimum absolute atomic E-state index is 0. The minimum Gasteiger partial charge on any atom is -0.354 e. The number of carbonyl (C=O) groups is 1. The molecule has 23 heavy (non-hydrogen) atoms. The van der Waals surface area contributed by atoms with Gasteiger partial charge in [-0.25, -0.2) is 0 Å². The van der Waals surface area contributed by atoms with Gasteiger partial charge in [-0.05, 0) is 38.3 Å². The van der Waals surface area contributed by atoms with Gasteiger partial charge in [0.2, 0.25) is 5.91 Å². The summed E-state index contributed by atoms with van der Waals surface area (Å²) in [6.45, 7) is 7.76. The fourth-order valence-electron chi connectivity index (χ4n) is 2.79. The largest absolute Gasteiger partial charge is 0.354 e. The van der Waals surface area contributed by atoms with E-state index in [-0.39, 0.29) is 30.7 Å². The van der Waals surface area contributed by atoms with Crippen molar-refractivity contribution in [3.05, 3.63) is 12.2 Å². The summed E-state index contributed by atoms with van der Waals surface area (Å²) in [4.78, 5) is 11.9. The summed E-state index contributed by atoms with van der Waals surface area (Å²) in [6.07, 6.45) is 5.79. The highest BCUT2D eigenvalue weighted by Crippen LogP contribution is 2.17. The van der Waals surface area contributed by atoms with E-state index < -0.39 is 0 Å². The molecule has 2 rings (SSSR count). The maximum Gasteiger partial charge on any atom is 0.220 e. The molecule has 0 unspecified atom stereocenters. The Bertz CT molecular complexity index is 447. The van der Waals surface area contributed by atoms with Crippen LogP contribution in [0.25, 0.3) is 0 Å². The lowest BCUT2D eigenvalue weighted by molar-refractivity contribution is -0.121. The molecule has 2 heterocycles. The third kappa shape index (κ3) is 7.50. The highest BCUT2D eigenvalue weighted by atomic mass is 35.5. The second-order valence-corrected chi connectivity index (χ2v) is 6.12. The van der Waals surface area contributed by atoms with Crippen LogP contribution in [0.2, 0.25) is 0 Å². The molecule has 0 radical (unpaired) electrons. The molecule has 1 aromatic rings. The van der Waals surface area contributed by atoms with Crippen LogP contribution in [0.4, 0.5) is 0 Å². The van der Waals surface area contributed by atoms with Crippen LogP contribution in [0.3, 0.4) is 0 Å². The van der Waals surface area contributed by atoms with Crippen molar-refractivity contribution in [3.8, 4) is 0 Å². The number of nitrogens with one attached hydrogen (secondary N) is 2. The molecule has 1 aliphatic rings. The van der Waals surface area contributed by atoms with Gasteiger partial charge in [0.15, 0.2) is 0 Å². The van der Waals surface area contributed by atoms with Gasteiger partial charge >= 0.3 is 0 Å². The lowest BCUT2D eigenvalue weighted by atomic mass is 9.93. The van der Waals surface area contributed by atoms with Gasteiger partial charge in [-0.2, -0.15) is 0 Å². The van der Waals surface area contributed by atoms with Gasteiger partial charge in [0, 0.05) is 25.4 Å². The number of nitrogens with zero attached hydrogens (tertiary/aromatic N) is 3. The molecule has 0 spiro atoms. The lowest BCUT2D eigenvalue weighted by Gasteiger charge is -2.22. The van der Waals surface area contributed by atoms with E-state index in [1.807, 2.05) is 4.57 Å². The molecular weight excluding hydrogens is 337 g/mol. The number of hydrogen-bond donors (Lipinski definition) is 2. The monoisotopic (exact) mass is 365 g/mol. The molecule has 0 saturated carbocycles. The second-order valence-electron chi connectivity index (χ2n) is 6.12. The Labute approximate surface area is 151 Å². The Morgan fingerprint density at radius 1 is 1.39 bits per heavy atom. The van der Waals surface area contributed by atoms with Crippen LogP contribution < -0.4 is 10.6 Å². The van der Waals surface area contributed by atoms with Crippen molar-refractivity contribution in [1.29, 1.82) is 0 Å². The molecule has 6 nitrogen and oxygen atoms in total. The third-order valence-corrected chi connectivity index (χ3v) is 4.08. The first kappa shape index (κ1) is 22.1. The van der Waals surface area contributed by atoms with E-state index in [1.54, 1.807) is 6.33 Å². The smallest absolute Gasteiger partial charge is 0.220 e. The maximum atomic E-state index is 11.9. The first-order valence-corrected chi connectivity index (χ1v) is 8.02. The molecule has 0 aromatic carbocycles. The fourth-order valence-corrected chi connectivity index (χ4v) is 2.79. The van der Waals surface area contributed by atoms with Crippen LogP contribution in [-0.4, -0.2) is 40.3 Å².